The summed E-state index contributed by atoms with van der Waals surface area (Å²) >= 11 is 0. The Bertz CT molecular complexity index is 2110. The molecule has 0 saturated carbocycles. The van der Waals surface area contributed by atoms with Crippen LogP contribution < -0.4 is 0 Å². The molecule has 0 saturated heterocycles. The summed E-state index contributed by atoms with van der Waals surface area (Å²) in [5, 5.41) is 49.2. The molecule has 0 heterocycles. The molecule has 0 fully saturated rings. The Morgan fingerprint density at radius 2 is 0.881 bits per heavy atom. The monoisotopic (exact) mass is 548 g/mol. The molecule has 4 nitrogen and oxygen atoms in total. The Morgan fingerprint density at radius 1 is 0.405 bits per heavy atom. The lowest BCUT2D eigenvalue weighted by Crippen LogP contribution is -1.94. The van der Waals surface area contributed by atoms with Crippen LogP contribution in [0.4, 0.5) is 0 Å². The number of phenols is 4. The van der Waals surface area contributed by atoms with Gasteiger partial charge in [0.2, 0.25) is 0 Å². The minimum Gasteiger partial charge on any atom is -0.504 e. The van der Waals surface area contributed by atoms with E-state index in [0.29, 0.717) is 5.56 Å². The minimum atomic E-state index is -0.474. The predicted molar refractivity (Wildman–Crippen MR) is 171 cm³/mol. The third-order valence-corrected chi connectivity index (χ3v) is 8.33. The van der Waals surface area contributed by atoms with E-state index in [1.54, 1.807) is 0 Å². The van der Waals surface area contributed by atoms with Gasteiger partial charge in [0.05, 0.1) is 5.56 Å². The number of benzene rings is 7. The van der Waals surface area contributed by atoms with Gasteiger partial charge in [0.25, 0.3) is 0 Å². The maximum absolute atomic E-state index is 11.1. The first-order chi connectivity index (χ1) is 20.3. The molecule has 0 aliphatic rings. The molecule has 0 radical (unpaired) electrons. The lowest BCUT2D eigenvalue weighted by Gasteiger charge is -2.21. The Balaban J connectivity index is 1.66. The molecule has 0 amide bonds. The third-order valence-electron chi connectivity index (χ3n) is 8.33. The van der Waals surface area contributed by atoms with Gasteiger partial charge in [-0.2, -0.15) is 0 Å². The molecule has 7 rings (SSSR count). The van der Waals surface area contributed by atoms with Crippen molar-refractivity contribution in [2.45, 2.75) is 13.8 Å². The van der Waals surface area contributed by atoms with Crippen molar-refractivity contribution in [2.75, 3.05) is 0 Å². The maximum Gasteiger partial charge on any atom is 0.169 e. The van der Waals surface area contributed by atoms with Crippen molar-refractivity contribution in [3.8, 4) is 56.4 Å². The molecule has 0 aromatic heterocycles. The highest BCUT2D eigenvalue weighted by Crippen LogP contribution is 2.55. The highest BCUT2D eigenvalue weighted by atomic mass is 16.3. The summed E-state index contributed by atoms with van der Waals surface area (Å²) in [6, 6.07) is 37.1. The first-order valence-electron chi connectivity index (χ1n) is 13.9. The van der Waals surface area contributed by atoms with Crippen molar-refractivity contribution in [2.24, 2.45) is 0 Å². The van der Waals surface area contributed by atoms with Crippen LogP contribution in [0.15, 0.2) is 109 Å². The zero-order valence-electron chi connectivity index (χ0n) is 23.2. The fourth-order valence-electron chi connectivity index (χ4n) is 6.17. The smallest absolute Gasteiger partial charge is 0.169 e. The summed E-state index contributed by atoms with van der Waals surface area (Å²) in [4.78, 5) is 0. The highest BCUT2D eigenvalue weighted by Gasteiger charge is 2.27. The lowest BCUT2D eigenvalue weighted by molar-refractivity contribution is 0.371. The fourth-order valence-corrected chi connectivity index (χ4v) is 6.17. The van der Waals surface area contributed by atoms with E-state index < -0.39 is 23.0 Å². The Hall–Kier alpha value is -5.48. The molecule has 204 valence electrons. The topological polar surface area (TPSA) is 80.9 Å². The van der Waals surface area contributed by atoms with Gasteiger partial charge >= 0.3 is 0 Å². The second-order valence-corrected chi connectivity index (χ2v) is 10.8. The van der Waals surface area contributed by atoms with Crippen LogP contribution in [0, 0.1) is 13.8 Å². The van der Waals surface area contributed by atoms with Crippen molar-refractivity contribution >= 4 is 32.3 Å². The molecular weight excluding hydrogens is 520 g/mol. The SMILES string of the molecule is Cc1ccc(-c2cc(-c3c4ccccc4c(-c4c(O)c(O)c(C)c(O)c4O)c4ccccc34)c3ccccc3c2)cc1. The molecule has 0 atom stereocenters. The van der Waals surface area contributed by atoms with Crippen LogP contribution in [0.1, 0.15) is 11.1 Å². The summed E-state index contributed by atoms with van der Waals surface area (Å²) < 4.78 is 0. The molecule has 4 heteroatoms. The van der Waals surface area contributed by atoms with E-state index in [1.807, 2.05) is 60.7 Å². The van der Waals surface area contributed by atoms with Crippen LogP contribution in [0.5, 0.6) is 23.0 Å². The fraction of sp³-hybridized carbons (Fsp3) is 0.0526. The number of aromatic hydroxyl groups is 4. The number of fused-ring (bicyclic) bond motifs is 3. The number of hydrogen-bond donors (Lipinski definition) is 4. The average Bonchev–Trinajstić information content (AvgIpc) is 3.02. The van der Waals surface area contributed by atoms with Crippen LogP contribution >= 0.6 is 0 Å². The van der Waals surface area contributed by atoms with Gasteiger partial charge in [0.1, 0.15) is 0 Å². The van der Waals surface area contributed by atoms with E-state index in [9.17, 15) is 20.4 Å². The van der Waals surface area contributed by atoms with Gasteiger partial charge in [0.15, 0.2) is 23.0 Å². The normalized spacial score (nSPS) is 11.5. The van der Waals surface area contributed by atoms with Gasteiger partial charge < -0.3 is 20.4 Å². The summed E-state index contributed by atoms with van der Waals surface area (Å²) in [5.74, 6) is -1.88. The van der Waals surface area contributed by atoms with Gasteiger partial charge in [-0.25, -0.2) is 0 Å². The minimum absolute atomic E-state index is 0.00665. The van der Waals surface area contributed by atoms with Crippen molar-refractivity contribution in [1.29, 1.82) is 0 Å². The second-order valence-electron chi connectivity index (χ2n) is 10.8. The number of phenolic OH excluding ortho intramolecular Hbond substituents is 4. The summed E-state index contributed by atoms with van der Waals surface area (Å²) in [7, 11) is 0. The van der Waals surface area contributed by atoms with Crippen molar-refractivity contribution in [3.05, 3.63) is 120 Å². The average molecular weight is 549 g/mol. The molecule has 0 bridgehead atoms. The molecule has 7 aromatic carbocycles. The highest BCUT2D eigenvalue weighted by molar-refractivity contribution is 6.24. The predicted octanol–water partition coefficient (Wildman–Crippen LogP) is 9.59. The van der Waals surface area contributed by atoms with Crippen LogP contribution in [-0.4, -0.2) is 20.4 Å². The Morgan fingerprint density at radius 3 is 1.43 bits per heavy atom. The number of rotatable bonds is 3. The van der Waals surface area contributed by atoms with Gasteiger partial charge in [-0.15, -0.1) is 0 Å². The van der Waals surface area contributed by atoms with Crippen LogP contribution in [-0.2, 0) is 0 Å². The van der Waals surface area contributed by atoms with E-state index in [0.717, 1.165) is 54.6 Å². The van der Waals surface area contributed by atoms with Gasteiger partial charge in [-0.05, 0) is 80.6 Å². The quantitative estimate of drug-likeness (QED) is 0.101. The standard InChI is InChI=1S/C38H28O4/c1-21-15-17-23(18-16-21)25-19-24-9-3-4-10-26(24)31(20-25)32-27-11-5-7-13-29(27)33(30-14-8-6-12-28(30)32)34-37(41)35(39)22(2)36(40)38(34)42/h3-20,39-42H,1-2H3. The number of hydrogen-bond acceptors (Lipinski definition) is 4. The largest absolute Gasteiger partial charge is 0.504 e. The summed E-state index contributed by atoms with van der Waals surface area (Å²) in [6.07, 6.45) is 0. The molecular formula is C38H28O4. The lowest BCUT2D eigenvalue weighted by atomic mass is 9.83. The second kappa shape index (κ2) is 9.57. The van der Waals surface area contributed by atoms with Crippen LogP contribution in [0.25, 0.3) is 65.7 Å². The number of aryl methyl sites for hydroxylation is 1. The molecule has 7 aromatic rings. The van der Waals surface area contributed by atoms with E-state index in [1.165, 1.54) is 12.5 Å². The van der Waals surface area contributed by atoms with Crippen LogP contribution in [0.2, 0.25) is 0 Å². The van der Waals surface area contributed by atoms with Gasteiger partial charge in [0, 0.05) is 11.1 Å². The van der Waals surface area contributed by atoms with E-state index in [4.69, 9.17) is 0 Å². The molecule has 0 aliphatic carbocycles. The van der Waals surface area contributed by atoms with Crippen molar-refractivity contribution < 1.29 is 20.4 Å². The molecule has 0 spiro atoms. The van der Waals surface area contributed by atoms with Gasteiger partial charge in [-0.3, -0.25) is 0 Å². The van der Waals surface area contributed by atoms with E-state index in [2.05, 4.69) is 55.5 Å². The summed E-state index contributed by atoms with van der Waals surface area (Å²) in [6.45, 7) is 3.53. The van der Waals surface area contributed by atoms with Crippen LogP contribution in [0.3, 0.4) is 0 Å². The summed E-state index contributed by atoms with van der Waals surface area (Å²) in [5.41, 5.74) is 6.05. The van der Waals surface area contributed by atoms with Gasteiger partial charge in [-0.1, -0.05) is 103 Å². The zero-order valence-corrected chi connectivity index (χ0v) is 23.2. The Kier molecular flexibility index (Phi) is 5.80. The first kappa shape index (κ1) is 25.5. The van der Waals surface area contributed by atoms with Crippen molar-refractivity contribution in [1.82, 2.24) is 0 Å². The molecule has 0 aliphatic heterocycles. The van der Waals surface area contributed by atoms with E-state index in [-0.39, 0.29) is 11.1 Å². The van der Waals surface area contributed by atoms with Crippen molar-refractivity contribution in [3.63, 3.8) is 0 Å². The molecule has 4 N–H and O–H groups in total. The zero-order chi connectivity index (χ0) is 29.1. The first-order valence-corrected chi connectivity index (χ1v) is 13.9. The maximum atomic E-state index is 11.1. The molecule has 42 heavy (non-hydrogen) atoms. The Labute approximate surface area is 243 Å². The van der Waals surface area contributed by atoms with E-state index >= 15 is 0 Å². The third kappa shape index (κ3) is 3.76. The molecule has 0 unspecified atom stereocenters.